The van der Waals surface area contributed by atoms with Gasteiger partial charge in [-0.15, -0.1) is 5.60 Å². The molecule has 15 aromatic rings. The van der Waals surface area contributed by atoms with Gasteiger partial charge in [0.15, 0.2) is 0 Å². The first-order valence-corrected chi connectivity index (χ1v) is 36.7. The fourth-order valence-corrected chi connectivity index (χ4v) is 14.0. The third-order valence-electron chi connectivity index (χ3n) is 17.3. The SMILES string of the molecule is CBr.CC(C)(C)[O-].CNC.Cc1c2cc(Cl)ccc2cc2c3ccc(Cl)cc3n(C)c12.Cc1c2cc(N(C)C)ccc2cc2c3ccc(N(C)C)cc3n(C)c12.Clc1ccc2c(c1)Cc1cc3cc(Cl)ccc3cc1-2.Cn1c2cc(Cl)ccc2c2cc3ccc(Cl)cc3cc21.FCBr.[Ar].[Ar].[Ar].[Ar].[Ar].[Ar].[Ar].[Ar].[Ar].[Ar].[Ar].[Ar].[Ar].[Ar].[Ar].[Ar].[Ar].[Ar].[Ar].[Ar].[Ar].[Ar].[Ar].[Ar].[Ar].[Ar].[Ar].[Ar].[Ar].[Ar].[Ar].[Ar].[Ar].[Ar].[Ar].[Ar].[Ar].[Ar].[Ar].[Ar].[Ar].[Ar].[Ar].[Ar].[Ar].[Na+]. The van der Waals surface area contributed by atoms with Gasteiger partial charge in [-0.2, -0.15) is 0 Å². The van der Waals surface area contributed by atoms with Crippen LogP contribution < -0.4 is 49.8 Å². The quantitative estimate of drug-likeness (QED) is 0.138. The van der Waals surface area contributed by atoms with Gasteiger partial charge in [0, 0.05) is 1830 Å². The molecule has 868 valence electrons. The summed E-state index contributed by atoms with van der Waals surface area (Å²) in [4.78, 5) is 4.32. The molecule has 62 heteroatoms. The van der Waals surface area contributed by atoms with E-state index >= 15 is 0 Å². The number of hydrogen-bond acceptors (Lipinski definition) is 4. The van der Waals surface area contributed by atoms with Gasteiger partial charge in [-0.1, -0.05) is 177 Å². The van der Waals surface area contributed by atoms with Crippen molar-refractivity contribution in [2.24, 2.45) is 21.1 Å². The van der Waals surface area contributed by atoms with E-state index in [0.29, 0.717) is 0 Å². The summed E-state index contributed by atoms with van der Waals surface area (Å²) in [6.07, 6.45) is 0.952. The molecule has 3 aromatic heterocycles. The second-order valence-corrected chi connectivity index (χ2v) is 28.7. The van der Waals surface area contributed by atoms with Gasteiger partial charge in [-0.05, 0) is 244 Å². The summed E-state index contributed by atoms with van der Waals surface area (Å²) in [5.41, 5.74) is 16.5. The van der Waals surface area contributed by atoms with Crippen LogP contribution in [0, 0.1) is 1710 Å². The maximum Gasteiger partial charge on any atom is 1.00 e. The van der Waals surface area contributed by atoms with Crippen LogP contribution in [0.2, 0.25) is 30.1 Å². The molecule has 0 aliphatic heterocycles. The van der Waals surface area contributed by atoms with E-state index in [-0.39, 0.29) is 1730 Å². The standard InChI is InChI=1S/C22H25N3.C18H13Cl2N.C17H11Cl2N.C17H10Cl2.C4H9O.C2H7N.CH2BrF.CH3Br.45Ar.Na/c1-14-19-12-16(23(2)3)8-7-15(19)11-20-18-10-9-17(24(4)5)13-21(18)25(6)22(14)20;1-10-15-8-12(19)4-3-11(15)7-16-14-6-5-13(20)9-17(14)21(2)18(10)16;1-20-16-8-11-6-12(18)3-2-10(11)7-15(16)14-5-4-13(19)9-17(14)20;18-14-2-1-10-9-17-12(5-11(10)7-14)6-13-8-15(19)3-4-16(13)17;1-4(2,3)5;1-3-2;2-1-3;1-2;;;;;;;;;;;;;;;;;;;;;;;;;;;;;;;;;;;;;;;;;;;;;;/h7-13H,1-6H3;3-9H,1-2H3;2-9H,1H3;1-5,7-9H,6H2;1-3H3;3H,1-2H3;1H2;1H3;;;;;;;;;;;;;;;;;;;;;;;;;;;;;;;;;;;;;;;;;;;;;;/q;;;;-1;;;;;;;;;;;;;;;;;;;;;;;;;;;;;;;;;;;;;;;;;;;;;;;;;+1. The zero-order chi connectivity index (χ0) is 71.4. The van der Waals surface area contributed by atoms with Crippen molar-refractivity contribution in [2.45, 2.75) is 46.6 Å². The van der Waals surface area contributed by atoms with Crippen LogP contribution in [0.15, 0.2) is 182 Å². The van der Waals surface area contributed by atoms with E-state index in [2.05, 4.69) is 239 Å². The van der Waals surface area contributed by atoms with Crippen molar-refractivity contribution in [1.29, 1.82) is 0 Å². The van der Waals surface area contributed by atoms with Gasteiger partial charge in [-0.25, -0.2) is 4.39 Å². The molecule has 144 heavy (non-hydrogen) atoms. The van der Waals surface area contributed by atoms with Crippen molar-refractivity contribution in [2.75, 3.05) is 63.5 Å². The van der Waals surface area contributed by atoms with E-state index in [1.54, 1.807) is 20.8 Å². The predicted molar refractivity (Wildman–Crippen MR) is 439 cm³/mol. The first kappa shape index (κ1) is 298. The van der Waals surface area contributed by atoms with Crippen LogP contribution in [0.3, 0.4) is 0 Å². The molecule has 7 nitrogen and oxygen atoms in total. The van der Waals surface area contributed by atoms with Gasteiger partial charge >= 0.3 is 29.6 Å². The van der Waals surface area contributed by atoms with Gasteiger partial charge in [0.25, 0.3) is 0 Å². The van der Waals surface area contributed by atoms with Crippen LogP contribution >= 0.6 is 101 Å². The molecule has 0 spiro atoms. The molecular weight excluding hydrogens is 3300 g/mol. The van der Waals surface area contributed by atoms with Crippen LogP contribution in [0.1, 0.15) is 43.0 Å². The van der Waals surface area contributed by atoms with Crippen molar-refractivity contribution in [1.82, 2.24) is 19.0 Å². The van der Waals surface area contributed by atoms with E-state index < -0.39 is 11.2 Å². The van der Waals surface area contributed by atoms with Crippen molar-refractivity contribution in [3.05, 3.63) is 234 Å². The van der Waals surface area contributed by atoms with Crippen LogP contribution in [0.4, 0.5) is 15.8 Å². The normalized spacial score (nSPS) is 7.73. The number of fused-ring (bicyclic) bond motifs is 16. The molecule has 0 saturated heterocycles. The number of aromatic nitrogens is 3. The molecule has 0 amide bonds. The maximum atomic E-state index is 10.2. The van der Waals surface area contributed by atoms with Gasteiger partial charge in [-0.3, -0.25) is 0 Å². The predicted octanol–water partition coefficient (Wildman–Crippen LogP) is 21.8. The Labute approximate surface area is 2270 Å². The number of rotatable bonds is 2. The smallest absolute Gasteiger partial charge is 0.850 e. The van der Waals surface area contributed by atoms with Crippen LogP contribution in [0.25, 0.3) is 120 Å². The first-order chi connectivity index (χ1) is 46.6. The summed E-state index contributed by atoms with van der Waals surface area (Å²) in [7, 11) is 18.4. The largest absolute Gasteiger partial charge is 1.00 e. The Balaban J connectivity index is -0.0000000252. The minimum absolute atomic E-state index is 0. The number of anilines is 2. The molecular formula is C82H80Ar45Br2Cl6FN6NaO. The van der Waals surface area contributed by atoms with Crippen LogP contribution in [-0.4, -0.2) is 73.0 Å². The topological polar surface area (TPSA) is 56.4 Å². The molecule has 0 bridgehead atoms. The zero-order valence-electron chi connectivity index (χ0n) is 74.7. The first-order valence-electron chi connectivity index (χ1n) is 31.7. The zero-order valence-corrected chi connectivity index (χ0v) is 116. The Kier molecular flexibility index (Phi) is 348. The molecule has 1 aliphatic rings. The minimum Gasteiger partial charge on any atom is -0.850 e. The van der Waals surface area contributed by atoms with Crippen molar-refractivity contribution in [3.63, 3.8) is 0 Å². The van der Waals surface area contributed by atoms with Crippen molar-refractivity contribution >= 4 is 221 Å². The number of hydrogen-bond donors (Lipinski definition) is 1. The Hall–Kier alpha value is 50.9. The third-order valence-corrected chi connectivity index (χ3v) is 18.7. The number of halogens is 9. The minimum atomic E-state index is -0.750. The van der Waals surface area contributed by atoms with Gasteiger partial charge < -0.3 is 33.9 Å². The van der Waals surface area contributed by atoms with E-state index in [4.69, 9.17) is 69.6 Å². The Bertz CT molecular complexity index is 5550. The number of aryl methyl sites for hydroxylation is 5. The van der Waals surface area contributed by atoms with E-state index in [1.165, 1.54) is 137 Å². The fraction of sp³-hybridized carbons (Fsp3) is 0.220. The maximum absolute atomic E-state index is 10.2. The second-order valence-electron chi connectivity index (χ2n) is 25.6. The molecule has 1 aliphatic carbocycles. The molecule has 16 rings (SSSR count). The molecule has 0 unspecified atom stereocenters. The molecule has 0 radical (unpaired) electrons. The molecule has 0 saturated carbocycles. The third kappa shape index (κ3) is 103. The number of nitrogens with one attached hydrogen (secondary N) is 1. The van der Waals surface area contributed by atoms with Crippen molar-refractivity contribution < 1.29 is 1740 Å². The van der Waals surface area contributed by atoms with E-state index in [9.17, 15) is 9.50 Å². The van der Waals surface area contributed by atoms with Crippen molar-refractivity contribution in [3.8, 4) is 11.1 Å². The molecule has 12 aromatic carbocycles. The van der Waals surface area contributed by atoms with Gasteiger partial charge in [0.1, 0.15) is 5.58 Å². The van der Waals surface area contributed by atoms with Crippen LogP contribution in [-0.2, 0) is 27.6 Å². The Morgan fingerprint density at radius 3 is 0.889 bits per heavy atom. The molecule has 3 heterocycles. The summed E-state index contributed by atoms with van der Waals surface area (Å²) in [6, 6.07) is 63.3. The Morgan fingerprint density at radius 1 is 0.292 bits per heavy atom. The average molecular weight is 3380 g/mol. The Morgan fingerprint density at radius 2 is 0.528 bits per heavy atom. The number of nitrogens with zero attached hydrogens (tertiary/aromatic N) is 5. The second kappa shape index (κ2) is 169. The molecule has 1 N–H and O–H groups in total. The number of benzene rings is 12. The number of alkyl halides is 3. The van der Waals surface area contributed by atoms with Crippen LogP contribution in [0.5, 0.6) is 0 Å². The summed E-state index contributed by atoms with van der Waals surface area (Å²) >= 11 is 42.1. The molecule has 0 atom stereocenters. The van der Waals surface area contributed by atoms with Gasteiger partial charge in [0.05, 0.1) is 27.6 Å². The van der Waals surface area contributed by atoms with E-state index in [1.807, 2.05) is 86.7 Å². The van der Waals surface area contributed by atoms with Gasteiger partial charge in [0.2, 0.25) is 0 Å². The fourth-order valence-electron chi connectivity index (χ4n) is 13.0. The monoisotopic (exact) mass is 3370 g/mol. The summed E-state index contributed by atoms with van der Waals surface area (Å²) in [5, 5.41) is 35.0. The summed E-state index contributed by atoms with van der Waals surface area (Å²) in [5.74, 6) is 1.81. The molecule has 0 fully saturated rings. The summed E-state index contributed by atoms with van der Waals surface area (Å²) in [6.45, 7) is 9.30. The van der Waals surface area contributed by atoms with E-state index in [0.717, 1.165) is 53.0 Å². The average Bonchev–Trinajstić information content (AvgIpc) is 1.59. The summed E-state index contributed by atoms with van der Waals surface area (Å²) < 4.78 is 16.9.